The minimum Gasteiger partial charge on any atom is -0.507 e. The molecule has 0 fully saturated rings. The van der Waals surface area contributed by atoms with Gasteiger partial charge in [-0.3, -0.25) is 9.18 Å². The average Bonchev–Trinajstić information content (AvgIpc) is 3.31. The Balaban J connectivity index is 2.04. The van der Waals surface area contributed by atoms with Crippen LogP contribution in [0.1, 0.15) is 98.0 Å². The van der Waals surface area contributed by atoms with Gasteiger partial charge in [-0.15, -0.1) is 11.3 Å². The summed E-state index contributed by atoms with van der Waals surface area (Å²) in [5.74, 6) is -1.22. The van der Waals surface area contributed by atoms with Crippen molar-refractivity contribution in [3.63, 3.8) is 0 Å². The Bertz CT molecular complexity index is 1150. The number of unbranched alkanes of at least 4 members (excludes halogenated alkanes) is 3. The Morgan fingerprint density at radius 2 is 1.89 bits per heavy atom. The van der Waals surface area contributed by atoms with Gasteiger partial charge in [0.1, 0.15) is 17.1 Å². The van der Waals surface area contributed by atoms with Crippen LogP contribution in [0, 0.1) is 11.3 Å². The number of nitrogens with zero attached hydrogens (tertiary/aromatic N) is 1. The molecule has 0 bridgehead atoms. The molecule has 9 heteroatoms. The van der Waals surface area contributed by atoms with Crippen molar-refractivity contribution in [2.45, 2.75) is 85.0 Å². The predicted octanol–water partition coefficient (Wildman–Crippen LogP) is 7.29. The fourth-order valence-electron chi connectivity index (χ4n) is 4.21. The molecule has 2 aromatic rings. The lowest BCUT2D eigenvalue weighted by Gasteiger charge is -2.30. The normalized spacial score (nSPS) is 13.5. The fraction of sp³-hybridized carbons (Fsp3) is 0.586. The number of aryl methyl sites for hydroxylation is 1. The van der Waals surface area contributed by atoms with Gasteiger partial charge in [0.15, 0.2) is 5.78 Å². The lowest BCUT2D eigenvalue weighted by Crippen LogP contribution is -2.33. The van der Waals surface area contributed by atoms with Crippen LogP contribution in [0.4, 0.5) is 9.18 Å². The maximum absolute atomic E-state index is 13.3. The van der Waals surface area contributed by atoms with Crippen molar-refractivity contribution < 1.29 is 28.2 Å². The van der Waals surface area contributed by atoms with Crippen LogP contribution in [0.3, 0.4) is 0 Å². The lowest BCUT2D eigenvalue weighted by molar-refractivity contribution is 0.0812. The van der Waals surface area contributed by atoms with Crippen molar-refractivity contribution in [1.82, 2.24) is 0 Å². The van der Waals surface area contributed by atoms with Crippen molar-refractivity contribution in [1.29, 1.82) is 0 Å². The van der Waals surface area contributed by atoms with Gasteiger partial charge in [0, 0.05) is 33.9 Å². The number of aliphatic imine (C=N–C) groups is 1. The number of thiophene rings is 1. The van der Waals surface area contributed by atoms with Crippen LogP contribution < -0.4 is 5.63 Å². The first-order valence-electron chi connectivity index (χ1n) is 13.1. The summed E-state index contributed by atoms with van der Waals surface area (Å²) >= 11 is 1.70. The van der Waals surface area contributed by atoms with E-state index >= 15 is 0 Å². The quantitative estimate of drug-likeness (QED) is 0.142. The molecule has 0 saturated carbocycles. The van der Waals surface area contributed by atoms with Gasteiger partial charge in [-0.25, -0.2) is 9.59 Å². The highest BCUT2D eigenvalue weighted by Gasteiger charge is 2.35. The smallest absolute Gasteiger partial charge is 0.432 e. The number of hydrogen-bond acceptors (Lipinski definition) is 7. The third-order valence-corrected chi connectivity index (χ3v) is 8.14. The van der Waals surface area contributed by atoms with Gasteiger partial charge in [0.05, 0.1) is 13.8 Å². The second-order valence-corrected chi connectivity index (χ2v) is 11.7. The van der Waals surface area contributed by atoms with Gasteiger partial charge in [0.25, 0.3) is 0 Å². The SMILES string of the molecule is COC(=O)N=CCCCC(C)c1cc(O)c(C(=O)C(C)C(C)(C)Cc2ccc(CCCCCF)s2)c(=O)o1. The molecule has 210 valence electrons. The first-order chi connectivity index (χ1) is 18.0. The number of rotatable bonds is 15. The third kappa shape index (κ3) is 9.19. The topological polar surface area (TPSA) is 106 Å². The first kappa shape index (κ1) is 31.4. The van der Waals surface area contributed by atoms with E-state index in [9.17, 15) is 23.9 Å². The van der Waals surface area contributed by atoms with Gasteiger partial charge < -0.3 is 14.3 Å². The molecule has 0 aliphatic heterocycles. The van der Waals surface area contributed by atoms with Gasteiger partial charge in [-0.2, -0.15) is 4.99 Å². The number of methoxy groups -OCH3 is 1. The third-order valence-electron chi connectivity index (χ3n) is 6.99. The van der Waals surface area contributed by atoms with Crippen LogP contribution in [0.2, 0.25) is 0 Å². The summed E-state index contributed by atoms with van der Waals surface area (Å²) in [6, 6.07) is 5.51. The summed E-state index contributed by atoms with van der Waals surface area (Å²) in [6.07, 6.45) is 6.66. The van der Waals surface area contributed by atoms with E-state index in [0.717, 1.165) is 24.1 Å². The molecule has 2 atom stereocenters. The summed E-state index contributed by atoms with van der Waals surface area (Å²) in [6.45, 7) is 7.32. The second kappa shape index (κ2) is 15.0. The molecular weight excluding hydrogens is 509 g/mol. The number of aromatic hydroxyl groups is 1. The summed E-state index contributed by atoms with van der Waals surface area (Å²) in [5, 5.41) is 10.6. The zero-order chi connectivity index (χ0) is 28.3. The van der Waals surface area contributed by atoms with E-state index in [4.69, 9.17) is 4.42 Å². The number of carbonyl (C=O) groups is 2. The van der Waals surface area contributed by atoms with Gasteiger partial charge >= 0.3 is 11.7 Å². The molecule has 0 aliphatic rings. The van der Waals surface area contributed by atoms with Crippen molar-refractivity contribution in [2.24, 2.45) is 16.3 Å². The van der Waals surface area contributed by atoms with E-state index in [-0.39, 0.29) is 23.9 Å². The molecule has 1 N–H and O–H groups in total. The Morgan fingerprint density at radius 1 is 1.18 bits per heavy atom. The Morgan fingerprint density at radius 3 is 2.55 bits per heavy atom. The summed E-state index contributed by atoms with van der Waals surface area (Å²) in [5.41, 5.74) is -1.62. The maximum atomic E-state index is 13.3. The average molecular weight is 550 g/mol. The Kier molecular flexibility index (Phi) is 12.4. The van der Waals surface area contributed by atoms with Crippen LogP contribution in [0.5, 0.6) is 5.75 Å². The zero-order valence-corrected chi connectivity index (χ0v) is 23.9. The molecule has 2 heterocycles. The van der Waals surface area contributed by atoms with Crippen molar-refractivity contribution in [2.75, 3.05) is 13.8 Å². The highest BCUT2D eigenvalue weighted by molar-refractivity contribution is 7.12. The molecule has 1 amide bonds. The number of hydrogen-bond donors (Lipinski definition) is 1. The highest BCUT2D eigenvalue weighted by atomic mass is 32.1. The fourth-order valence-corrected chi connectivity index (χ4v) is 5.51. The molecule has 7 nitrogen and oxygen atoms in total. The molecule has 0 aliphatic carbocycles. The molecule has 0 aromatic carbocycles. The summed E-state index contributed by atoms with van der Waals surface area (Å²) in [7, 11) is 1.26. The number of carbonyl (C=O) groups excluding carboxylic acids is 2. The van der Waals surface area contributed by atoms with E-state index in [1.54, 1.807) is 18.3 Å². The highest BCUT2D eigenvalue weighted by Crippen LogP contribution is 2.36. The molecule has 2 rings (SSSR count). The molecule has 2 aromatic heterocycles. The lowest BCUT2D eigenvalue weighted by atomic mass is 9.73. The number of ether oxygens (including phenoxy) is 1. The minimum atomic E-state index is -0.835. The van der Waals surface area contributed by atoms with E-state index in [0.29, 0.717) is 37.9 Å². The van der Waals surface area contributed by atoms with Crippen LogP contribution >= 0.6 is 11.3 Å². The second-order valence-electron chi connectivity index (χ2n) is 10.4. The van der Waals surface area contributed by atoms with Crippen LogP contribution in [0.25, 0.3) is 0 Å². The molecular formula is C29H40FNO6S. The minimum absolute atomic E-state index is 0.178. The van der Waals surface area contributed by atoms with Crippen LogP contribution in [-0.4, -0.2) is 37.0 Å². The maximum Gasteiger partial charge on any atom is 0.432 e. The molecule has 0 radical (unpaired) electrons. The molecule has 0 spiro atoms. The van der Waals surface area contributed by atoms with E-state index < -0.39 is 28.8 Å². The number of alkyl halides is 1. The van der Waals surface area contributed by atoms with Crippen molar-refractivity contribution in [3.05, 3.63) is 49.7 Å². The first-order valence-corrected chi connectivity index (χ1v) is 14.0. The summed E-state index contributed by atoms with van der Waals surface area (Å²) in [4.78, 5) is 43.1. The molecule has 0 saturated heterocycles. The number of halogens is 1. The van der Waals surface area contributed by atoms with Crippen LogP contribution in [0.15, 0.2) is 32.4 Å². The number of amides is 1. The monoisotopic (exact) mass is 549 g/mol. The Labute approximate surface area is 228 Å². The van der Waals surface area contributed by atoms with Gasteiger partial charge in [-0.1, -0.05) is 34.1 Å². The standard InChI is InChI=1S/C29H40FNO6S/c1-19(11-8-10-16-31-28(35)36-5)24-17-23(32)25(27(34)37-24)26(33)20(2)29(3,4)18-22-14-13-21(38-22)12-7-6-9-15-30/h13-14,16-17,19-20,32H,6-12,15,18H2,1-5H3. The Hall–Kier alpha value is -2.81. The summed E-state index contributed by atoms with van der Waals surface area (Å²) < 4.78 is 22.2. The van der Waals surface area contributed by atoms with Crippen molar-refractivity contribution >= 4 is 29.4 Å². The van der Waals surface area contributed by atoms with Gasteiger partial charge in [0.2, 0.25) is 0 Å². The molecule has 2 unspecified atom stereocenters. The van der Waals surface area contributed by atoms with E-state index in [1.807, 2.05) is 20.8 Å². The number of ketones is 1. The zero-order valence-electron chi connectivity index (χ0n) is 23.0. The van der Waals surface area contributed by atoms with Crippen molar-refractivity contribution in [3.8, 4) is 5.75 Å². The van der Waals surface area contributed by atoms with E-state index in [1.165, 1.54) is 24.3 Å². The van der Waals surface area contributed by atoms with E-state index in [2.05, 4.69) is 21.9 Å². The number of Topliss-reactive ketones (excluding diaryl/α,β-unsaturated/α-hetero) is 1. The van der Waals surface area contributed by atoms with Gasteiger partial charge in [-0.05, 0) is 62.5 Å². The van der Waals surface area contributed by atoms with Crippen LogP contribution in [-0.2, 0) is 17.6 Å². The predicted molar refractivity (Wildman–Crippen MR) is 149 cm³/mol. The molecule has 38 heavy (non-hydrogen) atoms. The largest absolute Gasteiger partial charge is 0.507 e.